The molecule has 0 saturated heterocycles. The zero-order valence-electron chi connectivity index (χ0n) is 19.0. The molecule has 3 rings (SSSR count). The number of unbranched alkanes of at least 4 members (excludes halogenated alkanes) is 2. The third kappa shape index (κ3) is 6.99. The first kappa shape index (κ1) is 24.1. The molecule has 0 N–H and O–H groups in total. The summed E-state index contributed by atoms with van der Waals surface area (Å²) < 4.78 is 31.9. The van der Waals surface area contributed by atoms with Gasteiger partial charge in [-0.15, -0.1) is 5.73 Å². The maximum Gasteiger partial charge on any atom is 0.210 e. The Hall–Kier alpha value is -3.51. The minimum atomic E-state index is -3.63. The third-order valence-corrected chi connectivity index (χ3v) is 7.04. The summed E-state index contributed by atoms with van der Waals surface area (Å²) in [6, 6.07) is 25.9. The second-order valence-electron chi connectivity index (χ2n) is 7.59. The normalized spacial score (nSPS) is 10.5. The Balaban J connectivity index is 1.81. The SMILES string of the molecule is COc1ccc(C(C)=C=C(CCCCC#Cc2ccccc2)S(=O)(=O)c2ccccc2)cc1. The summed E-state index contributed by atoms with van der Waals surface area (Å²) in [4.78, 5) is 0.594. The topological polar surface area (TPSA) is 43.4 Å². The highest BCUT2D eigenvalue weighted by Gasteiger charge is 2.20. The minimum absolute atomic E-state index is 0.291. The summed E-state index contributed by atoms with van der Waals surface area (Å²) in [5.41, 5.74) is 5.87. The summed E-state index contributed by atoms with van der Waals surface area (Å²) in [6.07, 6.45) is 2.66. The van der Waals surface area contributed by atoms with Crippen LogP contribution in [-0.2, 0) is 9.84 Å². The minimum Gasteiger partial charge on any atom is -0.497 e. The van der Waals surface area contributed by atoms with Crippen LogP contribution in [0.25, 0.3) is 5.57 Å². The van der Waals surface area contributed by atoms with Gasteiger partial charge < -0.3 is 4.74 Å². The van der Waals surface area contributed by atoms with Crippen LogP contribution >= 0.6 is 0 Å². The van der Waals surface area contributed by atoms with Gasteiger partial charge in [-0.05, 0) is 73.7 Å². The number of ether oxygens (including phenoxy) is 1. The maximum atomic E-state index is 13.3. The Morgan fingerprint density at radius 2 is 1.48 bits per heavy atom. The molecule has 0 amide bonds. The molecular formula is C29H28O3S. The Kier molecular flexibility index (Phi) is 8.72. The molecule has 0 atom stereocenters. The Bertz CT molecular complexity index is 1270. The highest BCUT2D eigenvalue weighted by Crippen LogP contribution is 2.25. The molecule has 4 heteroatoms. The lowest BCUT2D eigenvalue weighted by Gasteiger charge is -2.08. The van der Waals surface area contributed by atoms with Crippen molar-refractivity contribution >= 4 is 15.4 Å². The second kappa shape index (κ2) is 11.9. The lowest BCUT2D eigenvalue weighted by molar-refractivity contribution is 0.415. The number of sulfone groups is 1. The molecule has 0 fully saturated rings. The molecule has 0 unspecified atom stereocenters. The molecule has 0 spiro atoms. The molecule has 3 nitrogen and oxygen atoms in total. The van der Waals surface area contributed by atoms with Crippen LogP contribution in [-0.4, -0.2) is 15.5 Å². The summed E-state index contributed by atoms with van der Waals surface area (Å²) in [5, 5.41) is 0. The van der Waals surface area contributed by atoms with Crippen molar-refractivity contribution in [2.24, 2.45) is 0 Å². The van der Waals surface area contributed by atoms with Crippen LogP contribution in [0.1, 0.15) is 43.7 Å². The van der Waals surface area contributed by atoms with E-state index in [0.717, 1.165) is 28.9 Å². The Morgan fingerprint density at radius 3 is 2.12 bits per heavy atom. The first-order valence-corrected chi connectivity index (χ1v) is 12.4. The number of methoxy groups -OCH3 is 1. The van der Waals surface area contributed by atoms with Gasteiger partial charge in [0.05, 0.1) is 16.9 Å². The molecule has 0 aliphatic heterocycles. The van der Waals surface area contributed by atoms with E-state index < -0.39 is 9.84 Å². The molecule has 0 aliphatic carbocycles. The summed E-state index contributed by atoms with van der Waals surface area (Å²) >= 11 is 0. The van der Waals surface area contributed by atoms with Gasteiger partial charge in [0, 0.05) is 12.0 Å². The van der Waals surface area contributed by atoms with Crippen LogP contribution in [0.3, 0.4) is 0 Å². The zero-order valence-corrected chi connectivity index (χ0v) is 19.9. The molecular weight excluding hydrogens is 428 g/mol. The van der Waals surface area contributed by atoms with Crippen LogP contribution in [0, 0.1) is 11.8 Å². The van der Waals surface area contributed by atoms with Crippen LogP contribution in [0.2, 0.25) is 0 Å². The standard InChI is InChI=1S/C29H28O3S/c1-24(26-19-21-27(32-2)22-20-26)23-29(33(30,31)28-16-11-6-12-17-28)18-10-4-3-7-13-25-14-8-5-9-15-25/h5-6,8-9,11-12,14-17,19-22H,3-4,10,18H2,1-2H3. The first-order valence-electron chi connectivity index (χ1n) is 11.0. The fourth-order valence-electron chi connectivity index (χ4n) is 3.31. The van der Waals surface area contributed by atoms with Crippen molar-refractivity contribution in [3.8, 4) is 17.6 Å². The van der Waals surface area contributed by atoms with Crippen molar-refractivity contribution in [2.75, 3.05) is 7.11 Å². The molecule has 0 radical (unpaired) electrons. The monoisotopic (exact) mass is 456 g/mol. The number of rotatable bonds is 8. The van der Waals surface area contributed by atoms with Crippen LogP contribution < -0.4 is 4.74 Å². The van der Waals surface area contributed by atoms with Crippen molar-refractivity contribution in [3.05, 3.63) is 107 Å². The van der Waals surface area contributed by atoms with Crippen molar-refractivity contribution in [1.82, 2.24) is 0 Å². The van der Waals surface area contributed by atoms with Gasteiger partial charge in [0.25, 0.3) is 0 Å². The fourth-order valence-corrected chi connectivity index (χ4v) is 4.81. The molecule has 0 aliphatic rings. The Labute approximate surface area is 197 Å². The lowest BCUT2D eigenvalue weighted by atomic mass is 10.1. The van der Waals surface area contributed by atoms with Crippen molar-refractivity contribution in [1.29, 1.82) is 0 Å². The summed E-state index contributed by atoms with van der Waals surface area (Å²) in [6.45, 7) is 1.88. The molecule has 168 valence electrons. The highest BCUT2D eigenvalue weighted by atomic mass is 32.2. The van der Waals surface area contributed by atoms with Crippen molar-refractivity contribution in [2.45, 2.75) is 37.5 Å². The largest absolute Gasteiger partial charge is 0.497 e. The van der Waals surface area contributed by atoms with Gasteiger partial charge in [-0.2, -0.15) is 0 Å². The van der Waals surface area contributed by atoms with E-state index in [1.165, 1.54) is 0 Å². The first-order chi connectivity index (χ1) is 16.0. The van der Waals surface area contributed by atoms with Crippen LogP contribution in [0.15, 0.2) is 100 Å². The molecule has 3 aromatic rings. The van der Waals surface area contributed by atoms with Gasteiger partial charge in [0.15, 0.2) is 0 Å². The molecule has 0 saturated carbocycles. The van der Waals surface area contributed by atoms with Crippen LogP contribution in [0.5, 0.6) is 5.75 Å². The van der Waals surface area contributed by atoms with Gasteiger partial charge in [-0.25, -0.2) is 8.42 Å². The average molecular weight is 457 g/mol. The number of hydrogen-bond acceptors (Lipinski definition) is 3. The number of benzene rings is 3. The zero-order chi connectivity index (χ0) is 23.5. The quantitative estimate of drug-likeness (QED) is 0.216. The molecule has 33 heavy (non-hydrogen) atoms. The molecule has 3 aromatic carbocycles. The molecule has 0 bridgehead atoms. The van der Waals surface area contributed by atoms with Crippen molar-refractivity contribution < 1.29 is 13.2 Å². The van der Waals surface area contributed by atoms with Gasteiger partial charge >= 0.3 is 0 Å². The number of allylic oxidation sites excluding steroid dienone is 1. The number of hydrogen-bond donors (Lipinski definition) is 0. The Morgan fingerprint density at radius 1 is 0.848 bits per heavy atom. The maximum absolute atomic E-state index is 13.3. The van der Waals surface area contributed by atoms with Crippen LogP contribution in [0.4, 0.5) is 0 Å². The summed E-state index contributed by atoms with van der Waals surface area (Å²) in [5.74, 6) is 7.08. The highest BCUT2D eigenvalue weighted by molar-refractivity contribution is 7.95. The van der Waals surface area contributed by atoms with Gasteiger partial charge in [-0.3, -0.25) is 0 Å². The predicted molar refractivity (Wildman–Crippen MR) is 135 cm³/mol. The smallest absolute Gasteiger partial charge is 0.210 e. The summed E-state index contributed by atoms with van der Waals surface area (Å²) in [7, 11) is -2.01. The van der Waals surface area contributed by atoms with Gasteiger partial charge in [0.1, 0.15) is 5.75 Å². The second-order valence-corrected chi connectivity index (χ2v) is 9.56. The van der Waals surface area contributed by atoms with Gasteiger partial charge in [0.2, 0.25) is 9.84 Å². The van der Waals surface area contributed by atoms with E-state index in [2.05, 4.69) is 17.6 Å². The van der Waals surface area contributed by atoms with E-state index in [9.17, 15) is 8.42 Å². The van der Waals surface area contributed by atoms with Crippen molar-refractivity contribution in [3.63, 3.8) is 0 Å². The fraction of sp³-hybridized carbons (Fsp3) is 0.207. The predicted octanol–water partition coefficient (Wildman–Crippen LogP) is 6.67. The molecule has 0 aromatic heterocycles. The lowest BCUT2D eigenvalue weighted by Crippen LogP contribution is -2.04. The molecule has 0 heterocycles. The van der Waals surface area contributed by atoms with E-state index in [1.807, 2.05) is 67.6 Å². The van der Waals surface area contributed by atoms with E-state index in [4.69, 9.17) is 4.74 Å². The van der Waals surface area contributed by atoms with E-state index in [0.29, 0.717) is 29.1 Å². The van der Waals surface area contributed by atoms with E-state index in [-0.39, 0.29) is 0 Å². The average Bonchev–Trinajstić information content (AvgIpc) is 2.86. The van der Waals surface area contributed by atoms with Gasteiger partial charge in [-0.1, -0.05) is 60.4 Å². The van der Waals surface area contributed by atoms with E-state index in [1.54, 1.807) is 31.4 Å². The third-order valence-electron chi connectivity index (χ3n) is 5.19. The van der Waals surface area contributed by atoms with E-state index >= 15 is 0 Å².